The molecule has 5 aromatic carbocycles. The van der Waals surface area contributed by atoms with E-state index in [-0.39, 0.29) is 47.5 Å². The van der Waals surface area contributed by atoms with E-state index in [1.54, 1.807) is 16.1 Å². The van der Waals surface area contributed by atoms with E-state index in [1.165, 1.54) is 0 Å². The van der Waals surface area contributed by atoms with Gasteiger partial charge < -0.3 is 9.30 Å². The van der Waals surface area contributed by atoms with Crippen LogP contribution in [0.3, 0.4) is 0 Å². The molecule has 8 aromatic rings. The zero-order chi connectivity index (χ0) is 44.4. The van der Waals surface area contributed by atoms with Crippen molar-refractivity contribution in [3.05, 3.63) is 77.8 Å². The Morgan fingerprint density at radius 1 is 0.444 bits per heavy atom. The Bertz CT molecular complexity index is 2860. The van der Waals surface area contributed by atoms with Crippen molar-refractivity contribution in [3.8, 4) is 0 Å². The largest absolute Gasteiger partial charge is 0.465 e. The number of benzene rings is 5. The van der Waals surface area contributed by atoms with Crippen molar-refractivity contribution in [1.29, 1.82) is 0 Å². The van der Waals surface area contributed by atoms with Gasteiger partial charge in [-0.25, -0.2) is 0 Å². The van der Waals surface area contributed by atoms with Gasteiger partial charge in [0.15, 0.2) is 0 Å². The summed E-state index contributed by atoms with van der Waals surface area (Å²) in [7, 11) is 0. The molecule has 0 aliphatic heterocycles. The van der Waals surface area contributed by atoms with Crippen LogP contribution >= 0.6 is 0 Å². The number of carbonyl (C=O) groups is 1. The highest BCUT2D eigenvalue weighted by molar-refractivity contribution is 6.45. The summed E-state index contributed by atoms with van der Waals surface area (Å²) in [4.78, 5) is 73.5. The predicted octanol–water partition coefficient (Wildman–Crippen LogP) is 12.9. The molecule has 334 valence electrons. The van der Waals surface area contributed by atoms with Gasteiger partial charge in [0, 0.05) is 55.2 Å². The van der Waals surface area contributed by atoms with E-state index in [2.05, 4.69) is 27.7 Å². The van der Waals surface area contributed by atoms with Gasteiger partial charge in [-0.2, -0.15) is 0 Å². The van der Waals surface area contributed by atoms with Crippen molar-refractivity contribution in [2.45, 2.75) is 182 Å². The molecule has 0 saturated carbocycles. The molecule has 0 saturated heterocycles. The Hall–Kier alpha value is -5.05. The average molecular weight is 854 g/mol. The first-order valence-corrected chi connectivity index (χ1v) is 24.7. The lowest BCUT2D eigenvalue weighted by Crippen LogP contribution is -2.37. The fraction of sp³-hybridized carbons (Fsp3) is 0.537. The van der Waals surface area contributed by atoms with Crippen LogP contribution in [-0.4, -0.2) is 26.3 Å². The molecular weight excluding hydrogens is 787 g/mol. The SMILES string of the molecule is CCCCCCC(CCCCCC)n1c(=O)c2ccc3c4ccc5c(=O)n(C(CCCCCC)CCCCCC)c(=O)c6cc7c(c4c56)c4c3c2c(cc4n7CC(=O)OCC)c1=O. The molecule has 0 unspecified atom stereocenters. The Kier molecular flexibility index (Phi) is 13.7. The molecule has 3 aromatic heterocycles. The van der Waals surface area contributed by atoms with Gasteiger partial charge in [0.2, 0.25) is 0 Å². The van der Waals surface area contributed by atoms with Crippen molar-refractivity contribution in [1.82, 2.24) is 13.7 Å². The zero-order valence-electron chi connectivity index (χ0n) is 38.5. The highest BCUT2D eigenvalue weighted by Crippen LogP contribution is 2.49. The predicted molar refractivity (Wildman–Crippen MR) is 263 cm³/mol. The lowest BCUT2D eigenvalue weighted by atomic mass is 9.86. The van der Waals surface area contributed by atoms with E-state index in [0.29, 0.717) is 43.4 Å². The second-order valence-corrected chi connectivity index (χ2v) is 18.5. The molecule has 0 aliphatic rings. The second kappa shape index (κ2) is 19.4. The van der Waals surface area contributed by atoms with Crippen molar-refractivity contribution in [3.63, 3.8) is 0 Å². The minimum Gasteiger partial charge on any atom is -0.465 e. The summed E-state index contributed by atoms with van der Waals surface area (Å²) in [5, 5.41) is 8.21. The van der Waals surface area contributed by atoms with Crippen molar-refractivity contribution < 1.29 is 9.53 Å². The van der Waals surface area contributed by atoms with Crippen LogP contribution in [0.4, 0.5) is 0 Å². The molecular formula is C54H67N3O6. The third kappa shape index (κ3) is 7.86. The van der Waals surface area contributed by atoms with E-state index in [4.69, 9.17) is 4.74 Å². The third-order valence-corrected chi connectivity index (χ3v) is 14.3. The quantitative estimate of drug-likeness (QED) is 0.0245. The fourth-order valence-corrected chi connectivity index (χ4v) is 11.2. The van der Waals surface area contributed by atoms with E-state index < -0.39 is 5.97 Å². The highest BCUT2D eigenvalue weighted by atomic mass is 16.5. The number of ether oxygens (including phenoxy) is 1. The Morgan fingerprint density at radius 3 is 1.14 bits per heavy atom. The first kappa shape index (κ1) is 44.6. The van der Waals surface area contributed by atoms with Gasteiger partial charge in [0.25, 0.3) is 22.2 Å². The van der Waals surface area contributed by atoms with Crippen LogP contribution in [0.15, 0.2) is 55.6 Å². The number of hydrogen-bond donors (Lipinski definition) is 0. The number of fused-ring (bicyclic) bond motifs is 1. The molecule has 0 bridgehead atoms. The van der Waals surface area contributed by atoms with Crippen LogP contribution in [0.5, 0.6) is 0 Å². The maximum Gasteiger partial charge on any atom is 0.325 e. The van der Waals surface area contributed by atoms with E-state index in [0.717, 1.165) is 161 Å². The number of pyridine rings is 2. The molecule has 9 nitrogen and oxygen atoms in total. The summed E-state index contributed by atoms with van der Waals surface area (Å²) in [6, 6.07) is 11.1. The maximum absolute atomic E-state index is 15.1. The van der Waals surface area contributed by atoms with Gasteiger partial charge in [0.1, 0.15) is 6.54 Å². The Balaban J connectivity index is 1.43. The molecule has 3 heterocycles. The average Bonchev–Trinajstić information content (AvgIpc) is 3.59. The normalized spacial score (nSPS) is 12.6. The van der Waals surface area contributed by atoms with Crippen molar-refractivity contribution in [2.24, 2.45) is 0 Å². The lowest BCUT2D eigenvalue weighted by Gasteiger charge is -2.23. The Labute approximate surface area is 369 Å². The number of aromatic nitrogens is 3. The highest BCUT2D eigenvalue weighted by Gasteiger charge is 2.31. The number of esters is 1. The molecule has 0 spiro atoms. The van der Waals surface area contributed by atoms with Crippen molar-refractivity contribution in [2.75, 3.05) is 6.61 Å². The summed E-state index contributed by atoms with van der Waals surface area (Å²) in [6.07, 6.45) is 20.0. The first-order valence-electron chi connectivity index (χ1n) is 24.7. The van der Waals surface area contributed by atoms with E-state index in [9.17, 15) is 14.4 Å². The van der Waals surface area contributed by atoms with Gasteiger partial charge in [-0.1, -0.05) is 143 Å². The number of nitrogens with zero attached hydrogens (tertiary/aromatic N) is 3. The maximum atomic E-state index is 15.1. The molecule has 8 rings (SSSR count). The summed E-state index contributed by atoms with van der Waals surface area (Å²) in [6.45, 7) is 10.6. The molecule has 0 N–H and O–H groups in total. The van der Waals surface area contributed by atoms with E-state index >= 15 is 9.59 Å². The minimum absolute atomic E-state index is 0.129. The van der Waals surface area contributed by atoms with Crippen LogP contribution in [0, 0.1) is 0 Å². The van der Waals surface area contributed by atoms with Gasteiger partial charge in [0.05, 0.1) is 28.4 Å². The van der Waals surface area contributed by atoms with Gasteiger partial charge in [-0.15, -0.1) is 0 Å². The monoisotopic (exact) mass is 854 g/mol. The molecule has 0 aliphatic carbocycles. The molecule has 0 atom stereocenters. The van der Waals surface area contributed by atoms with Crippen LogP contribution in [0.2, 0.25) is 0 Å². The third-order valence-electron chi connectivity index (χ3n) is 14.3. The van der Waals surface area contributed by atoms with Crippen LogP contribution in [-0.2, 0) is 16.1 Å². The number of carbonyl (C=O) groups excluding carboxylic acids is 1. The molecule has 0 amide bonds. The van der Waals surface area contributed by atoms with Gasteiger partial charge in [-0.05, 0) is 67.6 Å². The number of rotatable bonds is 25. The summed E-state index contributed by atoms with van der Waals surface area (Å²) in [5.74, 6) is -0.425. The standard InChI is InChI=1S/C54H67N3O6/c1-6-11-15-19-23-34(24-20-16-12-7-2)56-51(59)38-29-27-36-37-28-30-39-46-41(54(62)57(52(39)60)35(25-21-17-13-8-3)26-22-18-14-9-4)32-43-50(48(37)46)49-42(55(43)33-44(58)63-10-5)31-40(53(56)61)45(38)47(36)49/h27-32,34-35H,6-26,33H2,1-5H3. The first-order chi connectivity index (χ1) is 30.7. The molecule has 9 heteroatoms. The zero-order valence-corrected chi connectivity index (χ0v) is 38.5. The van der Waals surface area contributed by atoms with E-state index in [1.807, 2.05) is 41.0 Å². The molecule has 0 fully saturated rings. The summed E-state index contributed by atoms with van der Waals surface area (Å²) in [5.41, 5.74) is 0.281. The van der Waals surface area contributed by atoms with Crippen LogP contribution < -0.4 is 22.2 Å². The minimum atomic E-state index is -0.425. The fourth-order valence-electron chi connectivity index (χ4n) is 11.2. The van der Waals surface area contributed by atoms with Gasteiger partial charge in [-0.3, -0.25) is 33.1 Å². The van der Waals surface area contributed by atoms with Crippen LogP contribution in [0.25, 0.3) is 75.7 Å². The second-order valence-electron chi connectivity index (χ2n) is 18.5. The lowest BCUT2D eigenvalue weighted by molar-refractivity contribution is -0.143. The van der Waals surface area contributed by atoms with Crippen LogP contribution in [0.1, 0.15) is 175 Å². The number of hydrogen-bond acceptors (Lipinski definition) is 6. The smallest absolute Gasteiger partial charge is 0.325 e. The molecule has 0 radical (unpaired) electrons. The number of unbranched alkanes of at least 4 members (excludes halogenated alkanes) is 12. The Morgan fingerprint density at radius 2 is 0.794 bits per heavy atom. The summed E-state index contributed by atoms with van der Waals surface area (Å²) < 4.78 is 10.6. The van der Waals surface area contributed by atoms with Crippen molar-refractivity contribution >= 4 is 81.6 Å². The topological polar surface area (TPSA) is 109 Å². The summed E-state index contributed by atoms with van der Waals surface area (Å²) >= 11 is 0. The molecule has 63 heavy (non-hydrogen) atoms. The van der Waals surface area contributed by atoms with Gasteiger partial charge >= 0.3 is 5.97 Å².